The highest BCUT2D eigenvalue weighted by molar-refractivity contribution is 7.89. The Morgan fingerprint density at radius 1 is 1.07 bits per heavy atom. The average Bonchev–Trinajstić information content (AvgIpc) is 3.64. The third-order valence-electron chi connectivity index (χ3n) is 8.14. The number of aliphatic hydroxyl groups is 1. The molecule has 0 aromatic heterocycles. The number of fused-ring (bicyclic) bond motifs is 2. The highest BCUT2D eigenvalue weighted by Gasteiger charge is 2.44. The molecule has 0 aliphatic carbocycles. The summed E-state index contributed by atoms with van der Waals surface area (Å²) in [4.78, 5) is 13.1. The van der Waals surface area contributed by atoms with Crippen LogP contribution in [0.2, 0.25) is 0 Å². The summed E-state index contributed by atoms with van der Waals surface area (Å²) in [5.41, 5.74) is 0.854. The smallest absolute Gasteiger partial charge is 0.407 e. The highest BCUT2D eigenvalue weighted by atomic mass is 32.2. The maximum absolute atomic E-state index is 14.1. The first-order valence-corrected chi connectivity index (χ1v) is 16.6. The number of hydrogen-bond acceptors (Lipinski definition) is 10. The van der Waals surface area contributed by atoms with Gasteiger partial charge in [0.2, 0.25) is 10.0 Å². The molecular weight excluding hydrogens is 592 g/mol. The molecule has 0 spiro atoms. The zero-order valence-electron chi connectivity index (χ0n) is 25.0. The number of alkyl carbamates (subject to hydrolysis) is 1. The fourth-order valence-electron chi connectivity index (χ4n) is 5.68. The molecule has 2 fully saturated rings. The number of benzene rings is 2. The number of methoxy groups -OCH3 is 1. The van der Waals surface area contributed by atoms with Crippen LogP contribution < -0.4 is 14.8 Å². The summed E-state index contributed by atoms with van der Waals surface area (Å²) in [6.45, 7) is 1.43. The molecule has 13 heteroatoms. The van der Waals surface area contributed by atoms with Gasteiger partial charge in [0.15, 0.2) is 6.29 Å². The van der Waals surface area contributed by atoms with Crippen molar-refractivity contribution in [1.82, 2.24) is 9.62 Å². The lowest BCUT2D eigenvalue weighted by Gasteiger charge is -2.30. The van der Waals surface area contributed by atoms with Gasteiger partial charge in [-0.05, 0) is 49.8 Å². The lowest BCUT2D eigenvalue weighted by Crippen LogP contribution is -2.51. The van der Waals surface area contributed by atoms with E-state index in [9.17, 15) is 18.3 Å². The van der Waals surface area contributed by atoms with Crippen LogP contribution in [-0.4, -0.2) is 102 Å². The maximum Gasteiger partial charge on any atom is 0.407 e. The van der Waals surface area contributed by atoms with Crippen molar-refractivity contribution >= 4 is 16.1 Å². The summed E-state index contributed by atoms with van der Waals surface area (Å²) in [7, 11) is -2.67. The SMILES string of the molecule is COc1ccc2c(c1)OCCCCCOCCN(C[C@@H](O)[C@H](Cc1ccccc1)NC(=O)O[C@H]1CO[C@H]3OCC[C@H]31)S2(=O)=O. The highest BCUT2D eigenvalue weighted by Crippen LogP contribution is 2.34. The number of rotatable bonds is 8. The quantitative estimate of drug-likeness (QED) is 0.445. The number of nitrogens with zero attached hydrogens (tertiary/aromatic N) is 1. The molecule has 3 aliphatic heterocycles. The number of sulfonamides is 1. The van der Waals surface area contributed by atoms with Crippen LogP contribution >= 0.6 is 0 Å². The number of carbonyl (C=O) groups is 1. The summed E-state index contributed by atoms with van der Waals surface area (Å²) in [6.07, 6.45) is 0.545. The van der Waals surface area contributed by atoms with E-state index in [1.54, 1.807) is 12.1 Å². The van der Waals surface area contributed by atoms with Crippen molar-refractivity contribution in [2.75, 3.05) is 53.2 Å². The molecule has 2 saturated heterocycles. The first kappa shape index (κ1) is 32.5. The molecule has 2 aromatic carbocycles. The van der Waals surface area contributed by atoms with Gasteiger partial charge in [-0.25, -0.2) is 13.2 Å². The van der Waals surface area contributed by atoms with Crippen LogP contribution in [0.15, 0.2) is 53.4 Å². The van der Waals surface area contributed by atoms with E-state index < -0.39 is 34.4 Å². The molecule has 3 aliphatic rings. The lowest BCUT2D eigenvalue weighted by molar-refractivity contribution is -0.0907. The number of carbonyl (C=O) groups excluding carboxylic acids is 1. The summed E-state index contributed by atoms with van der Waals surface area (Å²) in [5.74, 6) is 0.599. The van der Waals surface area contributed by atoms with E-state index in [2.05, 4.69) is 5.32 Å². The second kappa shape index (κ2) is 15.4. The molecule has 5 rings (SSSR count). The number of hydrogen-bond donors (Lipinski definition) is 2. The molecule has 2 N–H and O–H groups in total. The van der Waals surface area contributed by atoms with E-state index >= 15 is 0 Å². The van der Waals surface area contributed by atoms with Crippen LogP contribution in [-0.2, 0) is 35.4 Å². The summed E-state index contributed by atoms with van der Waals surface area (Å²) in [6, 6.07) is 13.0. The van der Waals surface area contributed by atoms with Gasteiger partial charge in [-0.3, -0.25) is 0 Å². The summed E-state index contributed by atoms with van der Waals surface area (Å²) < 4.78 is 63.2. The minimum Gasteiger partial charge on any atom is -0.497 e. The largest absolute Gasteiger partial charge is 0.497 e. The van der Waals surface area contributed by atoms with Gasteiger partial charge in [0.1, 0.15) is 22.5 Å². The average molecular weight is 635 g/mol. The molecule has 3 heterocycles. The van der Waals surface area contributed by atoms with Crippen molar-refractivity contribution in [3.63, 3.8) is 0 Å². The molecule has 2 aromatic rings. The Balaban J connectivity index is 1.37. The Hall–Kier alpha value is -2.94. The molecule has 1 amide bonds. The van der Waals surface area contributed by atoms with Gasteiger partial charge in [0.05, 0.1) is 51.6 Å². The molecule has 0 saturated carbocycles. The number of nitrogens with one attached hydrogen (secondary N) is 1. The third kappa shape index (κ3) is 8.20. The molecule has 12 nitrogen and oxygen atoms in total. The van der Waals surface area contributed by atoms with Crippen molar-refractivity contribution in [2.24, 2.45) is 5.92 Å². The van der Waals surface area contributed by atoms with E-state index in [0.717, 1.165) is 31.2 Å². The zero-order chi connectivity index (χ0) is 30.9. The fourth-order valence-corrected chi connectivity index (χ4v) is 7.24. The van der Waals surface area contributed by atoms with Gasteiger partial charge in [-0.1, -0.05) is 30.3 Å². The normalized spacial score (nSPS) is 25.5. The molecule has 0 unspecified atom stereocenters. The van der Waals surface area contributed by atoms with Crippen LogP contribution in [0, 0.1) is 5.92 Å². The topological polar surface area (TPSA) is 142 Å². The minimum atomic E-state index is -4.17. The van der Waals surface area contributed by atoms with Crippen molar-refractivity contribution in [1.29, 1.82) is 0 Å². The van der Waals surface area contributed by atoms with Crippen molar-refractivity contribution < 1.29 is 46.7 Å². The van der Waals surface area contributed by atoms with Crippen LogP contribution in [0.5, 0.6) is 11.5 Å². The van der Waals surface area contributed by atoms with Crippen molar-refractivity contribution in [3.05, 3.63) is 54.1 Å². The number of ether oxygens (including phenoxy) is 6. The second-order valence-corrected chi connectivity index (χ2v) is 13.1. The van der Waals surface area contributed by atoms with Gasteiger partial charge in [0.25, 0.3) is 0 Å². The van der Waals surface area contributed by atoms with E-state index in [1.807, 2.05) is 30.3 Å². The van der Waals surface area contributed by atoms with Crippen LogP contribution in [0.4, 0.5) is 4.79 Å². The van der Waals surface area contributed by atoms with Crippen molar-refractivity contribution in [2.45, 2.75) is 61.5 Å². The van der Waals surface area contributed by atoms with Gasteiger partial charge in [0, 0.05) is 25.8 Å². The Bertz CT molecular complexity index is 1330. The van der Waals surface area contributed by atoms with E-state index in [1.165, 1.54) is 17.5 Å². The summed E-state index contributed by atoms with van der Waals surface area (Å²) >= 11 is 0. The molecule has 242 valence electrons. The van der Waals surface area contributed by atoms with Gasteiger partial charge >= 0.3 is 6.09 Å². The van der Waals surface area contributed by atoms with Gasteiger partial charge < -0.3 is 38.8 Å². The number of amides is 1. The first-order chi connectivity index (χ1) is 21.3. The van der Waals surface area contributed by atoms with Crippen LogP contribution in [0.25, 0.3) is 0 Å². The Kier molecular flexibility index (Phi) is 11.3. The minimum absolute atomic E-state index is 0.00412. The molecule has 0 radical (unpaired) electrons. The number of β-amino-alcohol motifs (C(OH)–C–C–N with tert-alkyl or cyclic N) is 1. The second-order valence-electron chi connectivity index (χ2n) is 11.2. The third-order valence-corrected chi connectivity index (χ3v) is 10.0. The predicted octanol–water partition coefficient (Wildman–Crippen LogP) is 2.73. The molecule has 0 bridgehead atoms. The Labute approximate surface area is 258 Å². The monoisotopic (exact) mass is 634 g/mol. The molecular formula is C31H42N2O10S. The molecule has 44 heavy (non-hydrogen) atoms. The number of aliphatic hydroxyl groups excluding tert-OH is 1. The van der Waals surface area contributed by atoms with Crippen LogP contribution in [0.1, 0.15) is 31.2 Å². The Morgan fingerprint density at radius 2 is 1.89 bits per heavy atom. The van der Waals surface area contributed by atoms with Gasteiger partial charge in [-0.2, -0.15) is 4.31 Å². The van der Waals surface area contributed by atoms with Crippen molar-refractivity contribution in [3.8, 4) is 11.5 Å². The van der Waals surface area contributed by atoms with E-state index in [4.69, 9.17) is 28.4 Å². The van der Waals surface area contributed by atoms with E-state index in [-0.39, 0.29) is 55.6 Å². The van der Waals surface area contributed by atoms with Crippen LogP contribution in [0.3, 0.4) is 0 Å². The molecule has 5 atom stereocenters. The fraction of sp³-hybridized carbons (Fsp3) is 0.581. The maximum atomic E-state index is 14.1. The first-order valence-electron chi connectivity index (χ1n) is 15.2. The lowest BCUT2D eigenvalue weighted by atomic mass is 10.0. The Morgan fingerprint density at radius 3 is 2.70 bits per heavy atom. The van der Waals surface area contributed by atoms with Gasteiger partial charge in [-0.15, -0.1) is 0 Å². The summed E-state index contributed by atoms with van der Waals surface area (Å²) in [5, 5.41) is 14.4. The predicted molar refractivity (Wildman–Crippen MR) is 159 cm³/mol. The zero-order valence-corrected chi connectivity index (χ0v) is 25.8. The van der Waals surface area contributed by atoms with E-state index in [0.29, 0.717) is 25.6 Å². The standard InChI is InChI=1S/C31H42N2O10S/c1-38-23-10-11-29-27(19-23)40-15-7-3-6-14-39-17-13-33(44(29,36)37)20-26(34)25(18-22-8-4-2-5-9-22)32-31(35)43-28-21-42-30-24(28)12-16-41-30/h2,4-5,8-11,19,24-26,28,30,34H,3,6-7,12-18,20-21H2,1H3,(H,32,35)/t24-,25-,26+,28-,30+/m0/s1.